The molecular weight excluding hydrogens is 364 g/mol. The average Bonchev–Trinajstić information content (AvgIpc) is 2.71. The fourth-order valence-electron chi connectivity index (χ4n) is 3.15. The van der Waals surface area contributed by atoms with Gasteiger partial charge >= 0.3 is 5.97 Å². The van der Waals surface area contributed by atoms with E-state index in [9.17, 15) is 4.79 Å². The minimum atomic E-state index is -0.224. The van der Waals surface area contributed by atoms with Crippen LogP contribution in [0.5, 0.6) is 0 Å². The van der Waals surface area contributed by atoms with Crippen molar-refractivity contribution in [2.24, 2.45) is 0 Å². The Kier molecular flexibility index (Phi) is 23.1. The zero-order valence-corrected chi connectivity index (χ0v) is 19.1. The molecule has 0 bridgehead atoms. The van der Waals surface area contributed by atoms with Crippen LogP contribution in [0.4, 0.5) is 0 Å². The van der Waals surface area contributed by atoms with Crippen LogP contribution >= 0.6 is 12.9 Å². The van der Waals surface area contributed by atoms with E-state index in [1.54, 1.807) is 0 Å². The molecule has 160 valence electrons. The fraction of sp³-hybridized carbons (Fsp3) is 0.800. The first kappa shape index (κ1) is 26.9. The fourth-order valence-corrected chi connectivity index (χ4v) is 3.24. The Morgan fingerprint density at radius 3 is 1.46 bits per heavy atom. The molecule has 0 rings (SSSR count). The van der Waals surface area contributed by atoms with Crippen LogP contribution in [-0.4, -0.2) is 5.97 Å². The minimum absolute atomic E-state index is 0.224. The lowest BCUT2D eigenvalue weighted by Crippen LogP contribution is -1.95. The molecule has 0 spiro atoms. The van der Waals surface area contributed by atoms with Crippen LogP contribution in [0.25, 0.3) is 0 Å². The maximum Gasteiger partial charge on any atom is 0.317 e. The Hall–Kier alpha value is -1.06. The highest BCUT2D eigenvalue weighted by Gasteiger charge is 1.99. The van der Waals surface area contributed by atoms with E-state index in [4.69, 9.17) is 0 Å². The molecule has 3 heteroatoms. The average molecular weight is 407 g/mol. The Labute approximate surface area is 180 Å². The zero-order valence-electron chi connectivity index (χ0n) is 18.2. The van der Waals surface area contributed by atoms with Gasteiger partial charge in [-0.2, -0.15) is 0 Å². The third-order valence-electron chi connectivity index (χ3n) is 4.93. The van der Waals surface area contributed by atoms with Gasteiger partial charge in [0.1, 0.15) is 0 Å². The van der Waals surface area contributed by atoms with Crippen LogP contribution in [0, 0.1) is 23.7 Å². The lowest BCUT2D eigenvalue weighted by molar-refractivity contribution is -0.132. The maximum atomic E-state index is 10.9. The Balaban J connectivity index is 3.26. The number of hydrogen-bond donors (Lipinski definition) is 1. The molecule has 0 amide bonds. The van der Waals surface area contributed by atoms with E-state index in [-0.39, 0.29) is 5.97 Å². The van der Waals surface area contributed by atoms with Gasteiger partial charge in [-0.25, -0.2) is 0 Å². The molecule has 0 fully saturated rings. The molecule has 0 radical (unpaired) electrons. The van der Waals surface area contributed by atoms with Crippen molar-refractivity contribution in [2.75, 3.05) is 0 Å². The summed E-state index contributed by atoms with van der Waals surface area (Å²) in [6.07, 6.45) is 22.8. The van der Waals surface area contributed by atoms with Crippen molar-refractivity contribution in [3.05, 3.63) is 0 Å². The largest absolute Gasteiger partial charge is 0.395 e. The summed E-state index contributed by atoms with van der Waals surface area (Å²) in [5.41, 5.74) is 0. The van der Waals surface area contributed by atoms with Crippen LogP contribution in [0.15, 0.2) is 0 Å². The summed E-state index contributed by atoms with van der Waals surface area (Å²) in [5.74, 6) is 12.1. The van der Waals surface area contributed by atoms with Gasteiger partial charge in [-0.1, -0.05) is 102 Å². The third kappa shape index (κ3) is 23.0. The quantitative estimate of drug-likeness (QED) is 0.109. The number of hydrogen-bond acceptors (Lipinski definition) is 3. The van der Waals surface area contributed by atoms with Gasteiger partial charge in [0.15, 0.2) is 0 Å². The molecule has 0 atom stereocenters. The lowest BCUT2D eigenvalue weighted by Gasteiger charge is -2.00. The van der Waals surface area contributed by atoms with Crippen LogP contribution in [0.2, 0.25) is 0 Å². The van der Waals surface area contributed by atoms with E-state index in [1.807, 2.05) is 0 Å². The van der Waals surface area contributed by atoms with E-state index < -0.39 is 0 Å². The molecule has 0 unspecified atom stereocenters. The SMILES string of the molecule is CCCCCCCCCCCC#CC#CCCCCCCCCCC(=O)OS. The van der Waals surface area contributed by atoms with Crippen LogP contribution < -0.4 is 0 Å². The van der Waals surface area contributed by atoms with Gasteiger partial charge in [-0.3, -0.25) is 4.79 Å². The van der Waals surface area contributed by atoms with Crippen LogP contribution in [0.3, 0.4) is 0 Å². The highest BCUT2D eigenvalue weighted by atomic mass is 32.1. The first-order valence-corrected chi connectivity index (χ1v) is 12.0. The van der Waals surface area contributed by atoms with E-state index in [1.165, 1.54) is 89.9 Å². The normalized spacial score (nSPS) is 9.93. The number of thiol groups is 1. The van der Waals surface area contributed by atoms with Crippen LogP contribution in [-0.2, 0) is 8.98 Å². The first-order valence-electron chi connectivity index (χ1n) is 11.6. The van der Waals surface area contributed by atoms with Gasteiger partial charge < -0.3 is 4.18 Å². The number of rotatable bonds is 18. The molecule has 0 aliphatic carbocycles. The summed E-state index contributed by atoms with van der Waals surface area (Å²) in [6.45, 7) is 2.27. The van der Waals surface area contributed by atoms with E-state index in [0.29, 0.717) is 6.42 Å². The smallest absolute Gasteiger partial charge is 0.317 e. The van der Waals surface area contributed by atoms with Crippen molar-refractivity contribution in [3.63, 3.8) is 0 Å². The molecule has 0 aromatic heterocycles. The van der Waals surface area contributed by atoms with Crippen molar-refractivity contribution in [2.45, 2.75) is 129 Å². The number of carbonyl (C=O) groups excluding carboxylic acids is 1. The number of carbonyl (C=O) groups is 1. The summed E-state index contributed by atoms with van der Waals surface area (Å²) in [6, 6.07) is 0. The highest BCUT2D eigenvalue weighted by molar-refractivity contribution is 7.75. The predicted octanol–water partition coefficient (Wildman–Crippen LogP) is 7.81. The minimum Gasteiger partial charge on any atom is -0.395 e. The zero-order chi connectivity index (χ0) is 20.5. The molecule has 0 saturated heterocycles. The molecule has 0 aliphatic heterocycles. The second-order valence-corrected chi connectivity index (χ2v) is 7.80. The van der Waals surface area contributed by atoms with Crippen molar-refractivity contribution >= 4 is 18.9 Å². The second kappa shape index (κ2) is 24.0. The molecule has 0 heterocycles. The molecule has 0 N–H and O–H groups in total. The standard InChI is InChI=1S/C25H42O2S/c1-2-3-4-5-6-7-8-9-10-11-12-13-14-15-16-17-18-19-20-21-22-23-24-25(26)27-28/h28H,2-11,16-24H2,1H3. The summed E-state index contributed by atoms with van der Waals surface area (Å²) in [4.78, 5) is 10.9. The molecule has 0 aromatic carbocycles. The summed E-state index contributed by atoms with van der Waals surface area (Å²) in [5, 5.41) is 0. The third-order valence-corrected chi connectivity index (χ3v) is 5.13. The van der Waals surface area contributed by atoms with Gasteiger partial charge in [0, 0.05) is 32.2 Å². The highest BCUT2D eigenvalue weighted by Crippen LogP contribution is 2.11. The molecular formula is C25H42O2S. The van der Waals surface area contributed by atoms with Crippen LogP contribution in [0.1, 0.15) is 129 Å². The topological polar surface area (TPSA) is 26.3 Å². The molecule has 28 heavy (non-hydrogen) atoms. The first-order chi connectivity index (χ1) is 13.8. The Bertz CT molecular complexity index is 464. The van der Waals surface area contributed by atoms with Gasteiger partial charge in [0.2, 0.25) is 0 Å². The van der Waals surface area contributed by atoms with Crippen molar-refractivity contribution < 1.29 is 8.98 Å². The maximum absolute atomic E-state index is 10.9. The van der Waals surface area contributed by atoms with Crippen molar-refractivity contribution in [1.29, 1.82) is 0 Å². The Morgan fingerprint density at radius 2 is 1.04 bits per heavy atom. The van der Waals surface area contributed by atoms with Gasteiger partial charge in [0.25, 0.3) is 0 Å². The van der Waals surface area contributed by atoms with Crippen molar-refractivity contribution in [1.82, 2.24) is 0 Å². The number of unbranched alkanes of at least 4 members (excludes halogenated alkanes) is 16. The lowest BCUT2D eigenvalue weighted by atomic mass is 10.1. The summed E-state index contributed by atoms with van der Waals surface area (Å²) in [7, 11) is 0. The van der Waals surface area contributed by atoms with Gasteiger partial charge in [0.05, 0.1) is 0 Å². The van der Waals surface area contributed by atoms with Gasteiger partial charge in [-0.05, 0) is 31.1 Å². The van der Waals surface area contributed by atoms with E-state index in [2.05, 4.69) is 47.7 Å². The predicted molar refractivity (Wildman–Crippen MR) is 124 cm³/mol. The van der Waals surface area contributed by atoms with Gasteiger partial charge in [-0.15, -0.1) is 0 Å². The van der Waals surface area contributed by atoms with E-state index in [0.717, 1.165) is 25.7 Å². The molecule has 0 saturated carbocycles. The Morgan fingerprint density at radius 1 is 0.643 bits per heavy atom. The second-order valence-electron chi connectivity index (χ2n) is 7.62. The molecule has 0 aromatic rings. The molecule has 2 nitrogen and oxygen atoms in total. The summed E-state index contributed by atoms with van der Waals surface area (Å²) < 4.78 is 4.33. The summed E-state index contributed by atoms with van der Waals surface area (Å²) >= 11 is 3.50. The van der Waals surface area contributed by atoms with Crippen molar-refractivity contribution in [3.8, 4) is 23.7 Å². The van der Waals surface area contributed by atoms with E-state index >= 15 is 0 Å². The molecule has 0 aliphatic rings. The monoisotopic (exact) mass is 406 g/mol.